The predicted octanol–water partition coefficient (Wildman–Crippen LogP) is 0.622. The van der Waals surface area contributed by atoms with Crippen LogP contribution in [-0.4, -0.2) is 87.0 Å². The SMILES string of the molecule is CCc1ncc(CN2CCN(C)[C@]3(CCC(=O)N(CC(=O)O)CC3)C2)cn1. The molecule has 27 heavy (non-hydrogen) atoms. The van der Waals surface area contributed by atoms with Gasteiger partial charge in [-0.2, -0.15) is 0 Å². The van der Waals surface area contributed by atoms with Gasteiger partial charge in [-0.25, -0.2) is 9.97 Å². The summed E-state index contributed by atoms with van der Waals surface area (Å²) < 4.78 is 0. The van der Waals surface area contributed by atoms with Crippen molar-refractivity contribution in [1.29, 1.82) is 0 Å². The van der Waals surface area contributed by atoms with Gasteiger partial charge < -0.3 is 10.0 Å². The molecule has 3 heterocycles. The standard InChI is InChI=1S/C19H29N5O3/c1-3-16-20-10-15(11-21-16)12-23-9-8-22(2)19(14-23)5-4-17(25)24(7-6-19)13-18(26)27/h10-11H,3-9,12-14H2,1-2H3,(H,26,27)/t19-/m0/s1. The number of aliphatic carboxylic acids is 1. The Morgan fingerprint density at radius 3 is 2.63 bits per heavy atom. The second-order valence-electron chi connectivity index (χ2n) is 7.68. The van der Waals surface area contributed by atoms with Crippen LogP contribution in [0.2, 0.25) is 0 Å². The molecule has 3 rings (SSSR count). The molecule has 0 aliphatic carbocycles. The monoisotopic (exact) mass is 375 g/mol. The molecule has 2 saturated heterocycles. The van der Waals surface area contributed by atoms with E-state index in [4.69, 9.17) is 5.11 Å². The highest BCUT2D eigenvalue weighted by atomic mass is 16.4. The lowest BCUT2D eigenvalue weighted by molar-refractivity contribution is -0.144. The van der Waals surface area contributed by atoms with E-state index in [0.29, 0.717) is 13.0 Å². The average molecular weight is 375 g/mol. The lowest BCUT2D eigenvalue weighted by Crippen LogP contribution is -2.60. The fourth-order valence-electron chi connectivity index (χ4n) is 4.14. The van der Waals surface area contributed by atoms with E-state index in [0.717, 1.165) is 56.8 Å². The van der Waals surface area contributed by atoms with E-state index in [1.165, 1.54) is 4.90 Å². The van der Waals surface area contributed by atoms with Crippen LogP contribution in [-0.2, 0) is 22.6 Å². The van der Waals surface area contributed by atoms with Crippen molar-refractivity contribution in [3.05, 3.63) is 23.8 Å². The van der Waals surface area contributed by atoms with Crippen molar-refractivity contribution >= 4 is 11.9 Å². The summed E-state index contributed by atoms with van der Waals surface area (Å²) >= 11 is 0. The minimum absolute atomic E-state index is 0.0525. The van der Waals surface area contributed by atoms with Gasteiger partial charge in [0.2, 0.25) is 5.91 Å². The molecule has 0 bridgehead atoms. The first-order valence-corrected chi connectivity index (χ1v) is 9.65. The normalized spacial score (nSPS) is 25.0. The van der Waals surface area contributed by atoms with Crippen molar-refractivity contribution in [3.63, 3.8) is 0 Å². The van der Waals surface area contributed by atoms with Crippen LogP contribution in [0.5, 0.6) is 0 Å². The molecule has 1 amide bonds. The molecule has 2 aliphatic rings. The lowest BCUT2D eigenvalue weighted by Gasteiger charge is -2.49. The summed E-state index contributed by atoms with van der Waals surface area (Å²) in [6, 6.07) is 0. The topological polar surface area (TPSA) is 89.9 Å². The summed E-state index contributed by atoms with van der Waals surface area (Å²) in [6.45, 7) is 5.89. The highest BCUT2D eigenvalue weighted by molar-refractivity contribution is 5.81. The van der Waals surface area contributed by atoms with E-state index in [1.54, 1.807) is 0 Å². The van der Waals surface area contributed by atoms with Gasteiger partial charge in [-0.1, -0.05) is 6.92 Å². The van der Waals surface area contributed by atoms with Crippen molar-refractivity contribution < 1.29 is 14.7 Å². The Kier molecular flexibility index (Phi) is 6.06. The number of likely N-dealkylation sites (N-methyl/N-ethyl adjacent to an activating group) is 1. The minimum atomic E-state index is -0.951. The largest absolute Gasteiger partial charge is 0.480 e. The van der Waals surface area contributed by atoms with E-state index in [2.05, 4.69) is 26.8 Å². The van der Waals surface area contributed by atoms with Crippen LogP contribution in [0.1, 0.15) is 37.6 Å². The molecule has 1 aromatic rings. The zero-order valence-electron chi connectivity index (χ0n) is 16.2. The van der Waals surface area contributed by atoms with Crippen molar-refractivity contribution in [2.75, 3.05) is 39.8 Å². The second kappa shape index (κ2) is 8.31. The number of hydrogen-bond donors (Lipinski definition) is 1. The summed E-state index contributed by atoms with van der Waals surface area (Å²) in [6.07, 6.45) is 6.60. The predicted molar refractivity (Wildman–Crippen MR) is 100 cm³/mol. The summed E-state index contributed by atoms with van der Waals surface area (Å²) in [5.74, 6) is -0.147. The first-order chi connectivity index (χ1) is 12.9. The Morgan fingerprint density at radius 1 is 1.22 bits per heavy atom. The van der Waals surface area contributed by atoms with Gasteiger partial charge >= 0.3 is 5.97 Å². The Morgan fingerprint density at radius 2 is 1.96 bits per heavy atom. The quantitative estimate of drug-likeness (QED) is 0.807. The summed E-state index contributed by atoms with van der Waals surface area (Å²) in [4.78, 5) is 38.4. The smallest absolute Gasteiger partial charge is 0.323 e. The summed E-state index contributed by atoms with van der Waals surface area (Å²) in [5, 5.41) is 9.05. The molecule has 2 aliphatic heterocycles. The Balaban J connectivity index is 1.68. The third kappa shape index (κ3) is 4.62. The van der Waals surface area contributed by atoms with Crippen LogP contribution in [0.4, 0.5) is 0 Å². The van der Waals surface area contributed by atoms with Gasteiger partial charge in [-0.05, 0) is 19.9 Å². The number of nitrogens with zero attached hydrogens (tertiary/aromatic N) is 5. The average Bonchev–Trinajstić information content (AvgIpc) is 2.80. The van der Waals surface area contributed by atoms with E-state index < -0.39 is 5.97 Å². The third-order valence-corrected chi connectivity index (χ3v) is 5.89. The molecule has 0 radical (unpaired) electrons. The number of carbonyl (C=O) groups excluding carboxylic acids is 1. The molecular weight excluding hydrogens is 346 g/mol. The molecule has 148 valence electrons. The van der Waals surface area contributed by atoms with Gasteiger partial charge in [0.25, 0.3) is 0 Å². The first kappa shape index (κ1) is 19.7. The van der Waals surface area contributed by atoms with Crippen molar-refractivity contribution in [2.24, 2.45) is 0 Å². The van der Waals surface area contributed by atoms with Crippen molar-refractivity contribution in [2.45, 2.75) is 44.7 Å². The van der Waals surface area contributed by atoms with Crippen LogP contribution >= 0.6 is 0 Å². The molecule has 1 atom stereocenters. The van der Waals surface area contributed by atoms with Crippen molar-refractivity contribution in [1.82, 2.24) is 24.7 Å². The minimum Gasteiger partial charge on any atom is -0.480 e. The molecular formula is C19H29N5O3. The number of amides is 1. The maximum atomic E-state index is 12.3. The van der Waals surface area contributed by atoms with Crippen LogP contribution < -0.4 is 0 Å². The number of rotatable bonds is 5. The van der Waals surface area contributed by atoms with Gasteiger partial charge in [0, 0.05) is 69.1 Å². The van der Waals surface area contributed by atoms with E-state index in [9.17, 15) is 9.59 Å². The maximum Gasteiger partial charge on any atom is 0.323 e. The fraction of sp³-hybridized carbons (Fsp3) is 0.684. The molecule has 1 aromatic heterocycles. The zero-order chi connectivity index (χ0) is 19.4. The van der Waals surface area contributed by atoms with Gasteiger partial charge in [-0.15, -0.1) is 0 Å². The van der Waals surface area contributed by atoms with Crippen molar-refractivity contribution in [3.8, 4) is 0 Å². The van der Waals surface area contributed by atoms with Crippen LogP contribution in [0.3, 0.4) is 0 Å². The lowest BCUT2D eigenvalue weighted by atomic mass is 9.86. The molecule has 0 unspecified atom stereocenters. The number of carboxylic acid groups (broad SMARTS) is 1. The molecule has 8 nitrogen and oxygen atoms in total. The Labute approximate surface area is 160 Å². The maximum absolute atomic E-state index is 12.3. The van der Waals surface area contributed by atoms with E-state index in [1.807, 2.05) is 19.3 Å². The van der Waals surface area contributed by atoms with E-state index >= 15 is 0 Å². The first-order valence-electron chi connectivity index (χ1n) is 9.65. The zero-order valence-corrected chi connectivity index (χ0v) is 16.2. The number of aromatic nitrogens is 2. The van der Waals surface area contributed by atoms with Gasteiger partial charge in [0.15, 0.2) is 0 Å². The molecule has 2 fully saturated rings. The second-order valence-corrected chi connectivity index (χ2v) is 7.68. The Bertz CT molecular complexity index is 680. The molecule has 8 heteroatoms. The number of likely N-dealkylation sites (tertiary alicyclic amines) is 1. The molecule has 0 aromatic carbocycles. The van der Waals surface area contributed by atoms with Gasteiger partial charge in [-0.3, -0.25) is 19.4 Å². The summed E-state index contributed by atoms with van der Waals surface area (Å²) in [5.41, 5.74) is 1.01. The number of aryl methyl sites for hydroxylation is 1. The van der Waals surface area contributed by atoms with Crippen LogP contribution in [0.15, 0.2) is 12.4 Å². The molecule has 1 spiro atoms. The molecule has 0 saturated carbocycles. The highest BCUT2D eigenvalue weighted by Gasteiger charge is 2.42. The Hall–Kier alpha value is -2.06. The van der Waals surface area contributed by atoms with Crippen LogP contribution in [0, 0.1) is 0 Å². The third-order valence-electron chi connectivity index (χ3n) is 5.89. The number of hydrogen-bond acceptors (Lipinski definition) is 6. The number of piperazine rings is 1. The number of carbonyl (C=O) groups is 2. The van der Waals surface area contributed by atoms with Gasteiger partial charge in [0.05, 0.1) is 0 Å². The van der Waals surface area contributed by atoms with Gasteiger partial charge in [0.1, 0.15) is 12.4 Å². The molecule has 1 N–H and O–H groups in total. The summed E-state index contributed by atoms with van der Waals surface area (Å²) in [7, 11) is 2.12. The van der Waals surface area contributed by atoms with Crippen LogP contribution in [0.25, 0.3) is 0 Å². The fourth-order valence-corrected chi connectivity index (χ4v) is 4.14. The highest BCUT2D eigenvalue weighted by Crippen LogP contribution is 2.32. The van der Waals surface area contributed by atoms with E-state index in [-0.39, 0.29) is 18.0 Å². The number of carboxylic acids is 1.